The first-order valence-electron chi connectivity index (χ1n) is 8.72. The number of hydrogen-bond donors (Lipinski definition) is 1. The van der Waals surface area contributed by atoms with Gasteiger partial charge in [-0.15, -0.1) is 0 Å². The summed E-state index contributed by atoms with van der Waals surface area (Å²) in [5.41, 5.74) is 2.64. The Bertz CT molecular complexity index is 661. The molecular formula is C19H25F2N3. The first-order chi connectivity index (χ1) is 11.5. The topological polar surface area (TPSA) is 31.9 Å². The van der Waals surface area contributed by atoms with Gasteiger partial charge in [-0.25, -0.2) is 8.78 Å². The summed E-state index contributed by atoms with van der Waals surface area (Å²) in [7, 11) is 0. The Hall–Kier alpha value is -1.75. The van der Waals surface area contributed by atoms with Gasteiger partial charge in [-0.05, 0) is 49.4 Å². The van der Waals surface area contributed by atoms with Gasteiger partial charge in [-0.2, -0.15) is 5.10 Å². The van der Waals surface area contributed by atoms with E-state index in [1.165, 1.54) is 29.5 Å². The predicted molar refractivity (Wildman–Crippen MR) is 90.7 cm³/mol. The number of piperidine rings is 1. The van der Waals surface area contributed by atoms with Gasteiger partial charge in [0.05, 0.1) is 6.20 Å². The molecule has 0 unspecified atom stereocenters. The van der Waals surface area contributed by atoms with Crippen LogP contribution < -0.4 is 0 Å². The number of aromatic nitrogens is 2. The zero-order valence-electron chi connectivity index (χ0n) is 14.4. The molecule has 5 heteroatoms. The number of benzene rings is 1. The third-order valence-corrected chi connectivity index (χ3v) is 4.74. The van der Waals surface area contributed by atoms with Gasteiger partial charge < -0.3 is 0 Å². The van der Waals surface area contributed by atoms with E-state index in [-0.39, 0.29) is 5.56 Å². The summed E-state index contributed by atoms with van der Waals surface area (Å²) in [6, 6.07) is 4.07. The highest BCUT2D eigenvalue weighted by Crippen LogP contribution is 2.30. The van der Waals surface area contributed by atoms with Gasteiger partial charge in [-0.3, -0.25) is 10.00 Å². The first kappa shape index (κ1) is 17.1. The van der Waals surface area contributed by atoms with E-state index in [2.05, 4.69) is 28.9 Å². The molecule has 0 aliphatic carbocycles. The number of nitrogens with zero attached hydrogens (tertiary/aromatic N) is 2. The van der Waals surface area contributed by atoms with Crippen molar-refractivity contribution in [1.29, 1.82) is 0 Å². The van der Waals surface area contributed by atoms with Crippen molar-refractivity contribution in [2.24, 2.45) is 5.92 Å². The number of halogens is 2. The van der Waals surface area contributed by atoms with Crippen LogP contribution in [-0.2, 0) is 13.0 Å². The van der Waals surface area contributed by atoms with Gasteiger partial charge in [0.1, 0.15) is 11.6 Å². The van der Waals surface area contributed by atoms with E-state index >= 15 is 0 Å². The normalized spacial score (nSPS) is 19.1. The molecule has 0 saturated carbocycles. The summed E-state index contributed by atoms with van der Waals surface area (Å²) in [6.07, 6.45) is 5.04. The smallest absolute Gasteiger partial charge is 0.130 e. The van der Waals surface area contributed by atoms with Crippen LogP contribution >= 0.6 is 0 Å². The number of aromatic amines is 1. The number of nitrogens with one attached hydrogen (secondary N) is 1. The fourth-order valence-corrected chi connectivity index (χ4v) is 3.62. The fourth-order valence-electron chi connectivity index (χ4n) is 3.62. The van der Waals surface area contributed by atoms with E-state index in [1.807, 2.05) is 6.20 Å². The van der Waals surface area contributed by atoms with E-state index in [9.17, 15) is 8.78 Å². The zero-order chi connectivity index (χ0) is 17.1. The molecule has 0 spiro atoms. The molecule has 1 fully saturated rings. The average Bonchev–Trinajstić information content (AvgIpc) is 2.99. The van der Waals surface area contributed by atoms with Crippen molar-refractivity contribution >= 4 is 0 Å². The second kappa shape index (κ2) is 7.43. The second-order valence-corrected chi connectivity index (χ2v) is 7.18. The van der Waals surface area contributed by atoms with Gasteiger partial charge >= 0.3 is 0 Å². The Kier molecular flexibility index (Phi) is 5.29. The Labute approximate surface area is 142 Å². The van der Waals surface area contributed by atoms with Crippen molar-refractivity contribution in [2.45, 2.75) is 45.6 Å². The van der Waals surface area contributed by atoms with E-state index in [0.717, 1.165) is 32.4 Å². The summed E-state index contributed by atoms with van der Waals surface area (Å²) in [4.78, 5) is 2.15. The van der Waals surface area contributed by atoms with Crippen LogP contribution in [0.3, 0.4) is 0 Å². The van der Waals surface area contributed by atoms with Crippen LogP contribution in [0.15, 0.2) is 24.4 Å². The molecule has 3 rings (SSSR count). The van der Waals surface area contributed by atoms with Gasteiger partial charge in [0.2, 0.25) is 0 Å². The van der Waals surface area contributed by atoms with Crippen molar-refractivity contribution in [3.05, 3.63) is 52.9 Å². The largest absolute Gasteiger partial charge is 0.298 e. The number of likely N-dealkylation sites (tertiary alicyclic amines) is 1. The third-order valence-electron chi connectivity index (χ3n) is 4.74. The maximum absolute atomic E-state index is 13.9. The molecule has 1 aliphatic heterocycles. The molecule has 2 aromatic rings. The summed E-state index contributed by atoms with van der Waals surface area (Å²) >= 11 is 0. The van der Waals surface area contributed by atoms with E-state index < -0.39 is 11.6 Å². The number of rotatable bonds is 5. The highest BCUT2D eigenvalue weighted by molar-refractivity contribution is 5.23. The Morgan fingerprint density at radius 1 is 1.29 bits per heavy atom. The maximum Gasteiger partial charge on any atom is 0.130 e. The van der Waals surface area contributed by atoms with Crippen LogP contribution in [0.5, 0.6) is 0 Å². The van der Waals surface area contributed by atoms with E-state index in [1.54, 1.807) is 0 Å². The highest BCUT2D eigenvalue weighted by atomic mass is 19.1. The lowest BCUT2D eigenvalue weighted by molar-refractivity contribution is 0.193. The SMILES string of the molecule is CC(C)Cc1cn[nH]c1[C@@H]1CCCN(Cc2c(F)cccc2F)C1. The summed E-state index contributed by atoms with van der Waals surface area (Å²) < 4.78 is 27.8. The molecule has 0 amide bonds. The quantitative estimate of drug-likeness (QED) is 0.886. The Morgan fingerprint density at radius 3 is 2.75 bits per heavy atom. The first-order valence-corrected chi connectivity index (χ1v) is 8.72. The van der Waals surface area contributed by atoms with Crippen molar-refractivity contribution in [3.8, 4) is 0 Å². The molecule has 0 bridgehead atoms. The van der Waals surface area contributed by atoms with Crippen molar-refractivity contribution in [2.75, 3.05) is 13.1 Å². The zero-order valence-corrected chi connectivity index (χ0v) is 14.4. The Balaban J connectivity index is 1.72. The van der Waals surface area contributed by atoms with Crippen LogP contribution in [0.4, 0.5) is 8.78 Å². The summed E-state index contributed by atoms with van der Waals surface area (Å²) in [5, 5.41) is 7.39. The molecule has 24 heavy (non-hydrogen) atoms. The van der Waals surface area contributed by atoms with Gasteiger partial charge in [0, 0.05) is 30.3 Å². The molecule has 0 radical (unpaired) electrons. The van der Waals surface area contributed by atoms with Crippen molar-refractivity contribution in [1.82, 2.24) is 15.1 Å². The second-order valence-electron chi connectivity index (χ2n) is 7.18. The molecular weight excluding hydrogens is 308 g/mol. The Morgan fingerprint density at radius 2 is 2.04 bits per heavy atom. The maximum atomic E-state index is 13.9. The minimum Gasteiger partial charge on any atom is -0.298 e. The minimum atomic E-state index is -0.459. The summed E-state index contributed by atoms with van der Waals surface area (Å²) in [5.74, 6) is 0.0108. The lowest BCUT2D eigenvalue weighted by Crippen LogP contribution is -2.35. The standard InChI is InChI=1S/C19H25F2N3/c1-13(2)9-15-10-22-23-19(15)14-5-4-8-24(11-14)12-16-17(20)6-3-7-18(16)21/h3,6-7,10,13-14H,4-5,8-9,11-12H2,1-2H3,(H,22,23)/t14-/m1/s1. The fraction of sp³-hybridized carbons (Fsp3) is 0.526. The lowest BCUT2D eigenvalue weighted by Gasteiger charge is -2.33. The molecule has 1 saturated heterocycles. The van der Waals surface area contributed by atoms with Gasteiger partial charge in [-0.1, -0.05) is 19.9 Å². The summed E-state index contributed by atoms with van der Waals surface area (Å²) in [6.45, 7) is 6.40. The molecule has 1 aromatic carbocycles. The van der Waals surface area contributed by atoms with Crippen LogP contribution in [0, 0.1) is 17.6 Å². The molecule has 1 aromatic heterocycles. The minimum absolute atomic E-state index is 0.171. The number of H-pyrrole nitrogens is 1. The van der Waals surface area contributed by atoms with Crippen LogP contribution in [-0.4, -0.2) is 28.2 Å². The highest BCUT2D eigenvalue weighted by Gasteiger charge is 2.26. The van der Waals surface area contributed by atoms with Crippen LogP contribution in [0.1, 0.15) is 49.4 Å². The molecule has 1 N–H and O–H groups in total. The lowest BCUT2D eigenvalue weighted by atomic mass is 9.90. The average molecular weight is 333 g/mol. The predicted octanol–water partition coefficient (Wildman–Crippen LogP) is 4.27. The van der Waals surface area contributed by atoms with Crippen molar-refractivity contribution in [3.63, 3.8) is 0 Å². The molecule has 1 atom stereocenters. The molecule has 2 heterocycles. The van der Waals surface area contributed by atoms with Crippen molar-refractivity contribution < 1.29 is 8.78 Å². The van der Waals surface area contributed by atoms with Crippen LogP contribution in [0.2, 0.25) is 0 Å². The van der Waals surface area contributed by atoms with Crippen LogP contribution in [0.25, 0.3) is 0 Å². The molecule has 1 aliphatic rings. The van der Waals surface area contributed by atoms with Gasteiger partial charge in [0.15, 0.2) is 0 Å². The molecule has 3 nitrogen and oxygen atoms in total. The molecule has 130 valence electrons. The van der Waals surface area contributed by atoms with Gasteiger partial charge in [0.25, 0.3) is 0 Å². The van der Waals surface area contributed by atoms with E-state index in [0.29, 0.717) is 18.4 Å². The monoisotopic (exact) mass is 333 g/mol. The van der Waals surface area contributed by atoms with E-state index in [4.69, 9.17) is 0 Å². The third kappa shape index (κ3) is 3.83. The number of hydrogen-bond acceptors (Lipinski definition) is 2.